The van der Waals surface area contributed by atoms with Crippen molar-refractivity contribution >= 4 is 11.9 Å². The minimum Gasteiger partial charge on any atom is -0.481 e. The van der Waals surface area contributed by atoms with E-state index in [1.807, 2.05) is 62.4 Å². The first-order chi connectivity index (χ1) is 12.0. The smallest absolute Gasteiger partial charge is 0.270 e. The van der Waals surface area contributed by atoms with Gasteiger partial charge >= 0.3 is 0 Å². The van der Waals surface area contributed by atoms with E-state index in [0.29, 0.717) is 11.6 Å². The molecule has 128 valence electrons. The first-order valence-electron chi connectivity index (χ1n) is 7.97. The van der Waals surface area contributed by atoms with E-state index in [4.69, 9.17) is 9.26 Å². The Balaban J connectivity index is 1.66. The van der Waals surface area contributed by atoms with Gasteiger partial charge in [0, 0.05) is 5.56 Å². The van der Waals surface area contributed by atoms with Crippen LogP contribution < -0.4 is 10.1 Å². The number of nitrogens with zero attached hydrogens (tertiary/aromatic N) is 2. The zero-order valence-corrected chi connectivity index (χ0v) is 14.3. The number of aromatic nitrogens is 2. The van der Waals surface area contributed by atoms with Gasteiger partial charge in [0.1, 0.15) is 5.75 Å². The van der Waals surface area contributed by atoms with Crippen molar-refractivity contribution < 1.29 is 14.1 Å². The second kappa shape index (κ2) is 7.17. The lowest BCUT2D eigenvalue weighted by Gasteiger charge is -2.16. The van der Waals surface area contributed by atoms with Crippen molar-refractivity contribution in [1.29, 1.82) is 0 Å². The third-order valence-electron chi connectivity index (χ3n) is 3.91. The number of carbonyl (C=O) groups excluding carboxylic acids is 1. The van der Waals surface area contributed by atoms with Gasteiger partial charge in [-0.2, -0.15) is 4.98 Å². The van der Waals surface area contributed by atoms with Crippen LogP contribution in [0.2, 0.25) is 0 Å². The Bertz CT molecular complexity index is 875. The van der Waals surface area contributed by atoms with Gasteiger partial charge in [-0.25, -0.2) is 0 Å². The SMILES string of the molecule is Cc1cccc(O[C@@H](C)C(=O)Nc2noc(-c3ccccc3)n2)c1C. The Kier molecular flexibility index (Phi) is 4.79. The molecule has 0 radical (unpaired) electrons. The normalized spacial score (nSPS) is 11.8. The molecule has 3 aromatic rings. The van der Waals surface area contributed by atoms with Crippen LogP contribution in [0.15, 0.2) is 53.1 Å². The number of carbonyl (C=O) groups is 1. The summed E-state index contributed by atoms with van der Waals surface area (Å²) >= 11 is 0. The fraction of sp³-hybridized carbons (Fsp3) is 0.211. The molecule has 6 nitrogen and oxygen atoms in total. The molecular formula is C19H19N3O3. The average molecular weight is 337 g/mol. The molecule has 1 amide bonds. The second-order valence-electron chi connectivity index (χ2n) is 5.74. The Labute approximate surface area is 145 Å². The van der Waals surface area contributed by atoms with Gasteiger partial charge in [-0.3, -0.25) is 10.1 Å². The van der Waals surface area contributed by atoms with E-state index in [-0.39, 0.29) is 11.9 Å². The molecule has 3 rings (SSSR count). The van der Waals surface area contributed by atoms with Gasteiger partial charge < -0.3 is 9.26 Å². The summed E-state index contributed by atoms with van der Waals surface area (Å²) in [6, 6.07) is 15.1. The molecule has 6 heteroatoms. The maximum atomic E-state index is 12.3. The van der Waals surface area contributed by atoms with E-state index in [9.17, 15) is 4.79 Å². The lowest BCUT2D eigenvalue weighted by atomic mass is 10.1. The van der Waals surface area contributed by atoms with Crippen LogP contribution in [0, 0.1) is 13.8 Å². The number of nitrogens with one attached hydrogen (secondary N) is 1. The highest BCUT2D eigenvalue weighted by atomic mass is 16.5. The van der Waals surface area contributed by atoms with Crippen LogP contribution >= 0.6 is 0 Å². The molecule has 0 fully saturated rings. The monoisotopic (exact) mass is 337 g/mol. The van der Waals surface area contributed by atoms with Crippen molar-refractivity contribution in [2.45, 2.75) is 26.9 Å². The van der Waals surface area contributed by atoms with Gasteiger partial charge in [-0.1, -0.05) is 30.3 Å². The van der Waals surface area contributed by atoms with E-state index in [2.05, 4.69) is 15.5 Å². The topological polar surface area (TPSA) is 77.2 Å². The van der Waals surface area contributed by atoms with Gasteiger partial charge in [0.05, 0.1) is 0 Å². The van der Waals surface area contributed by atoms with E-state index in [1.165, 1.54) is 0 Å². The first kappa shape index (κ1) is 16.7. The molecular weight excluding hydrogens is 318 g/mol. The molecule has 0 aliphatic heterocycles. The molecule has 0 aliphatic rings. The number of rotatable bonds is 5. The summed E-state index contributed by atoms with van der Waals surface area (Å²) in [5.74, 6) is 0.793. The molecule has 2 aromatic carbocycles. The average Bonchev–Trinajstić information content (AvgIpc) is 3.08. The molecule has 0 aliphatic carbocycles. The quantitative estimate of drug-likeness (QED) is 0.767. The van der Waals surface area contributed by atoms with Crippen LogP contribution in [0.5, 0.6) is 5.75 Å². The number of aryl methyl sites for hydroxylation is 1. The van der Waals surface area contributed by atoms with E-state index < -0.39 is 6.10 Å². The molecule has 25 heavy (non-hydrogen) atoms. The van der Waals surface area contributed by atoms with Gasteiger partial charge in [0.15, 0.2) is 6.10 Å². The molecule has 1 aromatic heterocycles. The molecule has 0 saturated carbocycles. The van der Waals surface area contributed by atoms with Crippen molar-refractivity contribution in [3.63, 3.8) is 0 Å². The number of benzene rings is 2. The van der Waals surface area contributed by atoms with Gasteiger partial charge in [-0.15, -0.1) is 0 Å². The summed E-state index contributed by atoms with van der Waals surface area (Å²) in [7, 11) is 0. The summed E-state index contributed by atoms with van der Waals surface area (Å²) in [4.78, 5) is 16.5. The number of hydrogen-bond donors (Lipinski definition) is 1. The van der Waals surface area contributed by atoms with Crippen LogP contribution in [-0.4, -0.2) is 22.2 Å². The van der Waals surface area contributed by atoms with Crippen LogP contribution in [0.3, 0.4) is 0 Å². The molecule has 0 spiro atoms. The summed E-state index contributed by atoms with van der Waals surface area (Å²) in [6.45, 7) is 5.63. The highest BCUT2D eigenvalue weighted by Crippen LogP contribution is 2.22. The van der Waals surface area contributed by atoms with Gasteiger partial charge in [0.2, 0.25) is 0 Å². The summed E-state index contributed by atoms with van der Waals surface area (Å²) in [6.07, 6.45) is -0.695. The number of amides is 1. The summed E-state index contributed by atoms with van der Waals surface area (Å²) in [5.41, 5.74) is 2.90. The predicted octanol–water partition coefficient (Wildman–Crippen LogP) is 3.76. The number of anilines is 1. The molecule has 1 N–H and O–H groups in total. The minimum absolute atomic E-state index is 0.111. The lowest BCUT2D eigenvalue weighted by Crippen LogP contribution is -2.30. The van der Waals surface area contributed by atoms with Crippen molar-refractivity contribution in [1.82, 2.24) is 10.1 Å². The van der Waals surface area contributed by atoms with E-state index >= 15 is 0 Å². The van der Waals surface area contributed by atoms with Crippen LogP contribution in [0.4, 0.5) is 5.95 Å². The first-order valence-corrected chi connectivity index (χ1v) is 7.97. The largest absolute Gasteiger partial charge is 0.481 e. The fourth-order valence-electron chi connectivity index (χ4n) is 2.28. The standard InChI is InChI=1S/C19H19N3O3/c1-12-8-7-11-16(13(12)2)24-14(3)17(23)20-19-21-18(25-22-19)15-9-5-4-6-10-15/h4-11,14H,1-3H3,(H,20,22,23)/t14-/m0/s1. The number of hydrogen-bond acceptors (Lipinski definition) is 5. The van der Waals surface area contributed by atoms with Crippen LogP contribution in [0.1, 0.15) is 18.1 Å². The maximum Gasteiger partial charge on any atom is 0.270 e. The summed E-state index contributed by atoms with van der Waals surface area (Å²) in [5, 5.41) is 6.39. The predicted molar refractivity (Wildman–Crippen MR) is 94.4 cm³/mol. The third kappa shape index (κ3) is 3.85. The van der Waals surface area contributed by atoms with Crippen molar-refractivity contribution in [3.8, 4) is 17.2 Å². The van der Waals surface area contributed by atoms with Gasteiger partial charge in [-0.05, 0) is 55.3 Å². The van der Waals surface area contributed by atoms with Crippen molar-refractivity contribution in [3.05, 3.63) is 59.7 Å². The Morgan fingerprint density at radius 1 is 1.12 bits per heavy atom. The van der Waals surface area contributed by atoms with Crippen molar-refractivity contribution in [2.24, 2.45) is 0 Å². The zero-order valence-electron chi connectivity index (χ0n) is 14.3. The van der Waals surface area contributed by atoms with Crippen molar-refractivity contribution in [2.75, 3.05) is 5.32 Å². The number of ether oxygens (including phenoxy) is 1. The molecule has 1 atom stereocenters. The fourth-order valence-corrected chi connectivity index (χ4v) is 2.28. The molecule has 0 saturated heterocycles. The molecule has 0 bridgehead atoms. The Hall–Kier alpha value is -3.15. The lowest BCUT2D eigenvalue weighted by molar-refractivity contribution is -0.122. The zero-order chi connectivity index (χ0) is 17.8. The van der Waals surface area contributed by atoms with Crippen LogP contribution in [-0.2, 0) is 4.79 Å². The van der Waals surface area contributed by atoms with Gasteiger partial charge in [0.25, 0.3) is 17.7 Å². The second-order valence-corrected chi connectivity index (χ2v) is 5.74. The van der Waals surface area contributed by atoms with E-state index in [1.54, 1.807) is 6.92 Å². The minimum atomic E-state index is -0.695. The maximum absolute atomic E-state index is 12.3. The Morgan fingerprint density at radius 3 is 2.64 bits per heavy atom. The summed E-state index contributed by atoms with van der Waals surface area (Å²) < 4.78 is 10.9. The molecule has 1 heterocycles. The third-order valence-corrected chi connectivity index (χ3v) is 3.91. The highest BCUT2D eigenvalue weighted by Gasteiger charge is 2.19. The Morgan fingerprint density at radius 2 is 1.88 bits per heavy atom. The van der Waals surface area contributed by atoms with Crippen LogP contribution in [0.25, 0.3) is 11.5 Å². The highest BCUT2D eigenvalue weighted by molar-refractivity contribution is 5.92. The molecule has 0 unspecified atom stereocenters. The van der Waals surface area contributed by atoms with E-state index in [0.717, 1.165) is 16.7 Å².